The van der Waals surface area contributed by atoms with Gasteiger partial charge in [0.2, 0.25) is 5.91 Å². The number of amides is 1. The van der Waals surface area contributed by atoms with Crippen molar-refractivity contribution in [1.82, 2.24) is 19.8 Å². The highest BCUT2D eigenvalue weighted by Crippen LogP contribution is 2.48. The molecule has 1 fully saturated rings. The van der Waals surface area contributed by atoms with Crippen LogP contribution < -0.4 is 15.9 Å². The summed E-state index contributed by atoms with van der Waals surface area (Å²) in [5.74, 6) is -0.110. The highest BCUT2D eigenvalue weighted by Gasteiger charge is 2.39. The summed E-state index contributed by atoms with van der Waals surface area (Å²) in [6.07, 6.45) is -4.75. The first-order valence-corrected chi connectivity index (χ1v) is 14.7. The van der Waals surface area contributed by atoms with E-state index in [-0.39, 0.29) is 52.9 Å². The van der Waals surface area contributed by atoms with Gasteiger partial charge in [-0.1, -0.05) is 12.1 Å². The van der Waals surface area contributed by atoms with Gasteiger partial charge in [-0.25, -0.2) is 9.18 Å². The topological polar surface area (TPSA) is 79.7 Å². The number of halogens is 4. The number of carbonyl (C=O) groups is 1. The molecule has 8 nitrogen and oxygen atoms in total. The number of alkyl halides is 3. The number of nitrogens with one attached hydrogen (secondary N) is 1. The summed E-state index contributed by atoms with van der Waals surface area (Å²) in [6, 6.07) is 5.25. The minimum absolute atomic E-state index is 0.0917. The molecule has 1 unspecified atom stereocenters. The zero-order chi connectivity index (χ0) is 30.3. The van der Waals surface area contributed by atoms with E-state index in [0.717, 1.165) is 18.2 Å². The van der Waals surface area contributed by atoms with Crippen molar-refractivity contribution in [2.75, 3.05) is 44.0 Å². The highest BCUT2D eigenvalue weighted by molar-refractivity contribution is 7.99. The van der Waals surface area contributed by atoms with Gasteiger partial charge in [0.25, 0.3) is 0 Å². The molecular weight excluding hydrogens is 574 g/mol. The van der Waals surface area contributed by atoms with E-state index >= 15 is 0 Å². The predicted octanol–water partition coefficient (Wildman–Crippen LogP) is 4.38. The number of hydrogen-bond acceptors (Lipinski definition) is 7. The van der Waals surface area contributed by atoms with Crippen molar-refractivity contribution in [1.29, 1.82) is 0 Å². The molecule has 2 aliphatic rings. The van der Waals surface area contributed by atoms with Crippen molar-refractivity contribution < 1.29 is 27.1 Å². The molecule has 1 aromatic heterocycles. The smallest absolute Gasteiger partial charge is 0.383 e. The highest BCUT2D eigenvalue weighted by atomic mass is 32.2. The SMILES string of the molecule is COCCNC1CSc2c(-c3ccc(F)cc3)c(C(F)(F)F)cc3c(N4C[C@@H](C)N(C(C)=O)[C@@H](C)C4)nc(=O)n(c23)C1. The molecule has 0 radical (unpaired) electrons. The molecule has 0 saturated carbocycles. The maximum Gasteiger partial charge on any atom is 0.417 e. The lowest BCUT2D eigenvalue weighted by Crippen LogP contribution is -2.58. The first kappa shape index (κ1) is 30.3. The van der Waals surface area contributed by atoms with Gasteiger partial charge in [0.1, 0.15) is 11.6 Å². The van der Waals surface area contributed by atoms with E-state index in [1.807, 2.05) is 13.8 Å². The molecule has 1 amide bonds. The molecule has 1 saturated heterocycles. The van der Waals surface area contributed by atoms with E-state index in [1.165, 1.54) is 35.4 Å². The molecule has 226 valence electrons. The molecular formula is C29H33F4N5O3S. The second kappa shape index (κ2) is 11.8. The summed E-state index contributed by atoms with van der Waals surface area (Å²) in [5.41, 5.74) is -0.974. The molecule has 5 rings (SSSR count). The first-order chi connectivity index (χ1) is 19.9. The lowest BCUT2D eigenvalue weighted by molar-refractivity contribution is -0.137. The van der Waals surface area contributed by atoms with Gasteiger partial charge in [-0.05, 0) is 37.6 Å². The van der Waals surface area contributed by atoms with Crippen LogP contribution in [0, 0.1) is 5.82 Å². The molecule has 3 heterocycles. The van der Waals surface area contributed by atoms with Gasteiger partial charge >= 0.3 is 11.9 Å². The molecule has 2 aromatic carbocycles. The Kier molecular flexibility index (Phi) is 8.55. The Morgan fingerprint density at radius 3 is 2.40 bits per heavy atom. The number of benzene rings is 2. The number of hydrogen-bond donors (Lipinski definition) is 1. The number of thioether (sulfide) groups is 1. The number of piperazine rings is 1. The monoisotopic (exact) mass is 607 g/mol. The van der Waals surface area contributed by atoms with Gasteiger partial charge in [-0.2, -0.15) is 18.2 Å². The third kappa shape index (κ3) is 5.73. The van der Waals surface area contributed by atoms with Crippen LogP contribution >= 0.6 is 11.8 Å². The van der Waals surface area contributed by atoms with Crippen LogP contribution in [0.5, 0.6) is 0 Å². The van der Waals surface area contributed by atoms with Crippen molar-refractivity contribution >= 4 is 34.4 Å². The van der Waals surface area contributed by atoms with E-state index in [0.29, 0.717) is 42.4 Å². The maximum absolute atomic E-state index is 14.8. The Hall–Kier alpha value is -3.16. The number of methoxy groups -OCH3 is 1. The standard InChI is InChI=1S/C29H33F4N5O3S/c1-16-12-36(13-17(2)38(16)18(3)39)27-22-11-23(29(31,32)33)24(19-5-7-20(30)8-6-19)26-25(22)37(28(40)35-27)14-21(15-42-26)34-9-10-41-4/h5-8,11,16-17,21,34H,9-10,12-15H2,1-4H3/t16-,17+,21?. The Morgan fingerprint density at radius 1 is 1.14 bits per heavy atom. The number of rotatable bonds is 6. The van der Waals surface area contributed by atoms with Crippen LogP contribution in [0.15, 0.2) is 40.0 Å². The van der Waals surface area contributed by atoms with E-state index in [2.05, 4.69) is 10.3 Å². The van der Waals surface area contributed by atoms with E-state index in [9.17, 15) is 27.2 Å². The van der Waals surface area contributed by atoms with Crippen LogP contribution in [-0.2, 0) is 22.3 Å². The molecule has 2 aliphatic heterocycles. The molecule has 3 aromatic rings. The van der Waals surface area contributed by atoms with Crippen LogP contribution in [0.25, 0.3) is 22.0 Å². The number of carbonyl (C=O) groups excluding carboxylic acids is 1. The average Bonchev–Trinajstić information content (AvgIpc) is 3.11. The normalized spacial score (nSPS) is 21.1. The number of ether oxygens (including phenoxy) is 1. The summed E-state index contributed by atoms with van der Waals surface area (Å²) >= 11 is 1.24. The largest absolute Gasteiger partial charge is 0.417 e. The van der Waals surface area contributed by atoms with Gasteiger partial charge in [0.05, 0.1) is 17.7 Å². The van der Waals surface area contributed by atoms with Crippen LogP contribution in [0.1, 0.15) is 26.3 Å². The fourth-order valence-corrected chi connectivity index (χ4v) is 7.45. The lowest BCUT2D eigenvalue weighted by Gasteiger charge is -2.44. The summed E-state index contributed by atoms with van der Waals surface area (Å²) in [4.78, 5) is 34.1. The third-order valence-corrected chi connectivity index (χ3v) is 9.05. The minimum Gasteiger partial charge on any atom is -0.383 e. The van der Waals surface area contributed by atoms with Crippen LogP contribution in [-0.4, -0.2) is 77.6 Å². The van der Waals surface area contributed by atoms with Gasteiger partial charge in [-0.3, -0.25) is 9.36 Å². The molecule has 42 heavy (non-hydrogen) atoms. The van der Waals surface area contributed by atoms with E-state index in [1.54, 1.807) is 16.9 Å². The van der Waals surface area contributed by atoms with Crippen LogP contribution in [0.2, 0.25) is 0 Å². The van der Waals surface area contributed by atoms with Gasteiger partial charge in [-0.15, -0.1) is 11.8 Å². The third-order valence-electron chi connectivity index (χ3n) is 7.79. The average molecular weight is 608 g/mol. The zero-order valence-electron chi connectivity index (χ0n) is 23.8. The lowest BCUT2D eigenvalue weighted by atomic mass is 9.96. The van der Waals surface area contributed by atoms with Gasteiger partial charge in [0, 0.05) is 79.9 Å². The van der Waals surface area contributed by atoms with Crippen LogP contribution in [0.4, 0.5) is 23.4 Å². The molecule has 1 N–H and O–H groups in total. The van der Waals surface area contributed by atoms with Crippen molar-refractivity contribution in [2.45, 2.75) is 56.5 Å². The fraction of sp³-hybridized carbons (Fsp3) is 0.483. The van der Waals surface area contributed by atoms with Crippen molar-refractivity contribution in [2.24, 2.45) is 0 Å². The minimum atomic E-state index is -4.75. The predicted molar refractivity (Wildman–Crippen MR) is 154 cm³/mol. The summed E-state index contributed by atoms with van der Waals surface area (Å²) in [5, 5.41) is 3.54. The van der Waals surface area contributed by atoms with E-state index in [4.69, 9.17) is 4.74 Å². The Labute approximate surface area is 245 Å². The zero-order valence-corrected chi connectivity index (χ0v) is 24.6. The Balaban J connectivity index is 1.77. The fourth-order valence-electron chi connectivity index (χ4n) is 6.13. The Morgan fingerprint density at radius 2 is 1.81 bits per heavy atom. The Bertz CT molecular complexity index is 1530. The summed E-state index contributed by atoms with van der Waals surface area (Å²) in [7, 11) is 1.57. The summed E-state index contributed by atoms with van der Waals surface area (Å²) < 4.78 is 64.9. The van der Waals surface area contributed by atoms with Crippen molar-refractivity contribution in [3.05, 3.63) is 52.2 Å². The molecule has 3 atom stereocenters. The maximum atomic E-state index is 14.8. The number of anilines is 1. The second-order valence-electron chi connectivity index (χ2n) is 10.8. The van der Waals surface area contributed by atoms with Gasteiger partial charge < -0.3 is 19.9 Å². The van der Waals surface area contributed by atoms with Crippen molar-refractivity contribution in [3.8, 4) is 11.1 Å². The van der Waals surface area contributed by atoms with Crippen molar-refractivity contribution in [3.63, 3.8) is 0 Å². The van der Waals surface area contributed by atoms with Crippen LogP contribution in [0.3, 0.4) is 0 Å². The molecule has 0 bridgehead atoms. The second-order valence-corrected chi connectivity index (χ2v) is 11.9. The first-order valence-electron chi connectivity index (χ1n) is 13.7. The molecule has 13 heteroatoms. The number of nitrogens with zero attached hydrogens (tertiary/aromatic N) is 4. The molecule has 0 aliphatic carbocycles. The quantitative estimate of drug-likeness (QED) is 0.329. The summed E-state index contributed by atoms with van der Waals surface area (Å²) in [6.45, 7) is 6.96. The molecule has 0 spiro atoms. The van der Waals surface area contributed by atoms with E-state index < -0.39 is 23.2 Å². The number of aromatic nitrogens is 2. The van der Waals surface area contributed by atoms with Gasteiger partial charge in [0.15, 0.2) is 0 Å².